The number of carbonyl (C=O) groups excluding carboxylic acids is 2. The van der Waals surface area contributed by atoms with Crippen molar-refractivity contribution < 1.29 is 14.3 Å². The van der Waals surface area contributed by atoms with Crippen molar-refractivity contribution in [3.8, 4) is 11.1 Å². The number of nitrogens with zero attached hydrogens (tertiary/aromatic N) is 5. The summed E-state index contributed by atoms with van der Waals surface area (Å²) in [7, 11) is 0. The minimum absolute atomic E-state index is 0.0260. The van der Waals surface area contributed by atoms with Crippen LogP contribution in [0.5, 0.6) is 0 Å². The highest BCUT2D eigenvalue weighted by atomic mass is 16.6. The van der Waals surface area contributed by atoms with Crippen molar-refractivity contribution in [2.24, 2.45) is 0 Å². The summed E-state index contributed by atoms with van der Waals surface area (Å²) in [5.74, 6) is 0.0260. The molecule has 1 N–H and O–H groups in total. The summed E-state index contributed by atoms with van der Waals surface area (Å²) >= 11 is 0. The van der Waals surface area contributed by atoms with Gasteiger partial charge in [-0.05, 0) is 107 Å². The summed E-state index contributed by atoms with van der Waals surface area (Å²) in [5.41, 5.74) is 8.69. The monoisotopic (exact) mass is 580 g/mol. The number of benzene rings is 1. The van der Waals surface area contributed by atoms with Crippen molar-refractivity contribution >= 4 is 23.0 Å². The molecule has 43 heavy (non-hydrogen) atoms. The Balaban J connectivity index is 1.28. The molecule has 0 radical (unpaired) electrons. The number of aromatic amines is 1. The number of carbonyl (C=O) groups is 2. The second kappa shape index (κ2) is 10.2. The van der Waals surface area contributed by atoms with Crippen LogP contribution in [-0.4, -0.2) is 60.2 Å². The Kier molecular flexibility index (Phi) is 6.59. The fourth-order valence-corrected chi connectivity index (χ4v) is 6.75. The number of fused-ring (bicyclic) bond motifs is 2. The molecule has 2 amide bonds. The third kappa shape index (κ3) is 5.08. The van der Waals surface area contributed by atoms with E-state index >= 15 is 0 Å². The van der Waals surface area contributed by atoms with Crippen LogP contribution >= 0.6 is 0 Å². The van der Waals surface area contributed by atoms with Gasteiger partial charge in [-0.1, -0.05) is 6.07 Å². The van der Waals surface area contributed by atoms with Crippen molar-refractivity contribution in [2.45, 2.75) is 91.0 Å². The van der Waals surface area contributed by atoms with E-state index in [0.717, 1.165) is 76.6 Å². The first-order valence-corrected chi connectivity index (χ1v) is 15.5. The molecule has 2 aliphatic heterocycles. The van der Waals surface area contributed by atoms with Crippen molar-refractivity contribution in [3.63, 3.8) is 0 Å². The number of amides is 2. The SMILES string of the molecule is Cc1c[nH]c2ncc(-c3cc4c(c(C5CCCN5C(=O)OC(C)(C)C)c3)CN(C(=O)c3cnn(C5CC5)c3C)CC4)cc12. The molecule has 1 saturated heterocycles. The molecule has 9 nitrogen and oxygen atoms in total. The Morgan fingerprint density at radius 3 is 2.60 bits per heavy atom. The van der Waals surface area contributed by atoms with Gasteiger partial charge in [0.1, 0.15) is 11.2 Å². The quantitative estimate of drug-likeness (QED) is 0.292. The van der Waals surface area contributed by atoms with Gasteiger partial charge >= 0.3 is 6.09 Å². The standard InChI is InChI=1S/C34H40N6O3/c1-20-16-35-31-26(20)15-24(17-36-31)23-13-22-10-12-38(32(41)28-18-37-40(21(28)2)25-8-9-25)19-29(22)27(14-23)30-7-6-11-39(30)33(42)43-34(3,4)5/h13-18,25,30H,6-12,19H2,1-5H3,(H,35,36). The zero-order valence-corrected chi connectivity index (χ0v) is 25.7. The first-order valence-electron chi connectivity index (χ1n) is 15.5. The van der Waals surface area contributed by atoms with Gasteiger partial charge in [0.25, 0.3) is 5.91 Å². The summed E-state index contributed by atoms with van der Waals surface area (Å²) in [4.78, 5) is 39.0. The van der Waals surface area contributed by atoms with E-state index in [1.807, 2.05) is 54.6 Å². The summed E-state index contributed by atoms with van der Waals surface area (Å²) in [6, 6.07) is 6.98. The predicted octanol–water partition coefficient (Wildman–Crippen LogP) is 6.65. The number of rotatable bonds is 4. The normalized spacial score (nSPS) is 18.8. The predicted molar refractivity (Wildman–Crippen MR) is 165 cm³/mol. The van der Waals surface area contributed by atoms with Crippen LogP contribution in [0.15, 0.2) is 36.8 Å². The van der Waals surface area contributed by atoms with E-state index in [4.69, 9.17) is 9.72 Å². The van der Waals surface area contributed by atoms with Crippen molar-refractivity contribution in [3.05, 3.63) is 70.3 Å². The van der Waals surface area contributed by atoms with Crippen LogP contribution in [0.2, 0.25) is 0 Å². The second-order valence-electron chi connectivity index (χ2n) is 13.4. The van der Waals surface area contributed by atoms with E-state index in [2.05, 4.69) is 35.2 Å². The molecule has 1 saturated carbocycles. The average Bonchev–Trinajstić information content (AvgIpc) is 3.38. The molecule has 1 aliphatic carbocycles. The number of aromatic nitrogens is 4. The molecule has 5 heterocycles. The molecule has 4 aromatic rings. The van der Waals surface area contributed by atoms with Crippen LogP contribution in [0, 0.1) is 13.8 Å². The molecule has 224 valence electrons. The van der Waals surface area contributed by atoms with Gasteiger partial charge < -0.3 is 19.5 Å². The first kappa shape index (κ1) is 27.7. The number of nitrogens with one attached hydrogen (secondary N) is 1. The minimum Gasteiger partial charge on any atom is -0.444 e. The van der Waals surface area contributed by atoms with Gasteiger partial charge in [0.05, 0.1) is 23.8 Å². The fourth-order valence-electron chi connectivity index (χ4n) is 6.75. The maximum absolute atomic E-state index is 13.8. The van der Waals surface area contributed by atoms with Crippen molar-refractivity contribution in [2.75, 3.05) is 13.1 Å². The molecule has 1 aromatic carbocycles. The van der Waals surface area contributed by atoms with Crippen LogP contribution in [0.1, 0.15) is 96.8 Å². The Bertz CT molecular complexity index is 1740. The van der Waals surface area contributed by atoms with Gasteiger partial charge in [-0.25, -0.2) is 9.78 Å². The van der Waals surface area contributed by atoms with E-state index in [-0.39, 0.29) is 18.0 Å². The fraction of sp³-hybridized carbons (Fsp3) is 0.471. The van der Waals surface area contributed by atoms with Crippen LogP contribution in [0.4, 0.5) is 4.79 Å². The van der Waals surface area contributed by atoms with E-state index in [1.165, 1.54) is 5.56 Å². The molecule has 0 spiro atoms. The first-order chi connectivity index (χ1) is 20.6. The van der Waals surface area contributed by atoms with Gasteiger partial charge in [0.2, 0.25) is 0 Å². The van der Waals surface area contributed by atoms with Crippen molar-refractivity contribution in [1.82, 2.24) is 29.5 Å². The Hall–Kier alpha value is -4.14. The van der Waals surface area contributed by atoms with E-state index < -0.39 is 5.60 Å². The average molecular weight is 581 g/mol. The molecule has 1 unspecified atom stereocenters. The number of hydrogen-bond donors (Lipinski definition) is 1. The van der Waals surface area contributed by atoms with Gasteiger partial charge in [-0.15, -0.1) is 0 Å². The number of H-pyrrole nitrogens is 1. The van der Waals surface area contributed by atoms with Crippen LogP contribution < -0.4 is 0 Å². The maximum Gasteiger partial charge on any atom is 0.410 e. The van der Waals surface area contributed by atoms with Crippen LogP contribution in [0.25, 0.3) is 22.2 Å². The summed E-state index contributed by atoms with van der Waals surface area (Å²) < 4.78 is 7.85. The smallest absolute Gasteiger partial charge is 0.410 e. The van der Waals surface area contributed by atoms with Crippen LogP contribution in [-0.2, 0) is 17.7 Å². The van der Waals surface area contributed by atoms with E-state index in [0.29, 0.717) is 31.2 Å². The highest BCUT2D eigenvalue weighted by Gasteiger charge is 2.37. The Morgan fingerprint density at radius 2 is 1.84 bits per heavy atom. The molecule has 0 bridgehead atoms. The third-order valence-electron chi connectivity index (χ3n) is 9.14. The minimum atomic E-state index is -0.576. The third-order valence-corrected chi connectivity index (χ3v) is 9.14. The lowest BCUT2D eigenvalue weighted by Gasteiger charge is -2.35. The van der Waals surface area contributed by atoms with Crippen molar-refractivity contribution in [1.29, 1.82) is 0 Å². The van der Waals surface area contributed by atoms with Crippen LogP contribution in [0.3, 0.4) is 0 Å². The molecule has 2 fully saturated rings. The summed E-state index contributed by atoms with van der Waals surface area (Å²) in [5, 5.41) is 5.65. The van der Waals surface area contributed by atoms with Gasteiger partial charge in [0, 0.05) is 48.7 Å². The number of likely N-dealkylation sites (tertiary alicyclic amines) is 1. The lowest BCUT2D eigenvalue weighted by atomic mass is 9.86. The molecule has 9 heteroatoms. The lowest BCUT2D eigenvalue weighted by molar-refractivity contribution is 0.0222. The topological polar surface area (TPSA) is 96.3 Å². The lowest BCUT2D eigenvalue weighted by Crippen LogP contribution is -2.39. The maximum atomic E-state index is 13.8. The molecular weight excluding hydrogens is 540 g/mol. The molecule has 3 aromatic heterocycles. The Labute approximate surface area is 252 Å². The molecule has 7 rings (SSSR count). The van der Waals surface area contributed by atoms with Gasteiger partial charge in [0.15, 0.2) is 0 Å². The number of ether oxygens (including phenoxy) is 1. The number of pyridine rings is 1. The molecule has 1 atom stereocenters. The molecular formula is C34H40N6O3. The second-order valence-corrected chi connectivity index (χ2v) is 13.4. The summed E-state index contributed by atoms with van der Waals surface area (Å²) in [6.07, 6.45) is 10.1. The van der Waals surface area contributed by atoms with E-state index in [1.54, 1.807) is 6.20 Å². The zero-order valence-electron chi connectivity index (χ0n) is 25.7. The summed E-state index contributed by atoms with van der Waals surface area (Å²) in [6.45, 7) is 11.6. The Morgan fingerprint density at radius 1 is 1.02 bits per heavy atom. The van der Waals surface area contributed by atoms with E-state index in [9.17, 15) is 9.59 Å². The van der Waals surface area contributed by atoms with Gasteiger partial charge in [-0.2, -0.15) is 5.10 Å². The van der Waals surface area contributed by atoms with Gasteiger partial charge in [-0.3, -0.25) is 9.48 Å². The molecule has 3 aliphatic rings. The largest absolute Gasteiger partial charge is 0.444 e. The highest BCUT2D eigenvalue weighted by Crippen LogP contribution is 2.41. The number of hydrogen-bond acceptors (Lipinski definition) is 5. The zero-order chi connectivity index (χ0) is 30.0. The number of aryl methyl sites for hydroxylation is 1. The highest BCUT2D eigenvalue weighted by molar-refractivity contribution is 5.95.